The van der Waals surface area contributed by atoms with Crippen molar-refractivity contribution in [3.8, 4) is 0 Å². The summed E-state index contributed by atoms with van der Waals surface area (Å²) in [7, 11) is 1.26. The molecule has 0 aliphatic heterocycles. The van der Waals surface area contributed by atoms with Gasteiger partial charge in [-0.1, -0.05) is 6.07 Å². The number of carbonyl (C=O) groups excluding carboxylic acids is 1. The van der Waals surface area contributed by atoms with Crippen molar-refractivity contribution in [3.63, 3.8) is 0 Å². The zero-order valence-corrected chi connectivity index (χ0v) is 5.50. The molecule has 0 fully saturated rings. The van der Waals surface area contributed by atoms with Crippen molar-refractivity contribution in [2.45, 2.75) is 0 Å². The van der Waals surface area contributed by atoms with E-state index in [9.17, 15) is 4.79 Å². The average molecular weight is 138 g/mol. The van der Waals surface area contributed by atoms with E-state index in [1.54, 1.807) is 6.07 Å². The van der Waals surface area contributed by atoms with Crippen LogP contribution in [0.2, 0.25) is 0 Å². The molecule has 0 spiro atoms. The first-order valence-corrected chi connectivity index (χ1v) is 2.75. The normalized spacial score (nSPS) is 10.3. The third kappa shape index (κ3) is 1.31. The number of hydrogen-bond acceptors (Lipinski definition) is 3. The Morgan fingerprint density at radius 1 is 1.80 bits per heavy atom. The van der Waals surface area contributed by atoms with Crippen molar-refractivity contribution in [1.82, 2.24) is 4.98 Å². The number of ether oxygens (including phenoxy) is 1. The number of nitrogens with zero attached hydrogens (tertiary/aromatic N) is 1. The highest BCUT2D eigenvalue weighted by Gasteiger charge is 2.02. The maximum atomic E-state index is 10.8. The Hall–Kier alpha value is -1.38. The summed E-state index contributed by atoms with van der Waals surface area (Å²) in [6.45, 7) is 0. The molecule has 0 N–H and O–H groups in total. The number of rotatable bonds is 1. The van der Waals surface area contributed by atoms with Gasteiger partial charge in [-0.05, 0) is 12.1 Å². The predicted molar refractivity (Wildman–Crippen MR) is 35.6 cm³/mol. The van der Waals surface area contributed by atoms with E-state index in [1.807, 2.05) is 0 Å². The van der Waals surface area contributed by atoms with Crippen LogP contribution in [0.3, 0.4) is 0 Å². The molecule has 3 nitrogen and oxygen atoms in total. The van der Waals surface area contributed by atoms with E-state index in [0.29, 0.717) is 0 Å². The number of carbonyl (C=O) groups is 1. The van der Waals surface area contributed by atoms with Crippen LogP contribution in [0.25, 0.3) is 0 Å². The van der Waals surface area contributed by atoms with Gasteiger partial charge in [0.1, 0.15) is 5.69 Å². The van der Waals surface area contributed by atoms with Gasteiger partial charge in [-0.3, -0.25) is 0 Å². The quantitative estimate of drug-likeness (QED) is 0.540. The van der Waals surface area contributed by atoms with Gasteiger partial charge in [-0.2, -0.15) is 0 Å². The number of aromatic nitrogens is 1. The molecule has 0 atom stereocenters. The fourth-order valence-corrected chi connectivity index (χ4v) is 0.533. The summed E-state index contributed by atoms with van der Waals surface area (Å²) < 4.78 is 11.6. The molecule has 0 aromatic carbocycles. The highest BCUT2D eigenvalue weighted by molar-refractivity contribution is 5.86. The second kappa shape index (κ2) is 2.96. The molecule has 52 valence electrons. The fraction of sp³-hybridized carbons (Fsp3) is 0.143. The summed E-state index contributed by atoms with van der Waals surface area (Å²) in [4.78, 5) is 14.5. The van der Waals surface area contributed by atoms with Gasteiger partial charge in [-0.25, -0.2) is 9.78 Å². The second-order valence-corrected chi connectivity index (χ2v) is 1.62. The Balaban J connectivity index is 3.03. The zero-order valence-electron chi connectivity index (χ0n) is 6.50. The topological polar surface area (TPSA) is 39.2 Å². The third-order valence-electron chi connectivity index (χ3n) is 0.985. The minimum atomic E-state index is -0.574. The Kier molecular flexibility index (Phi) is 1.60. The molecule has 0 aliphatic rings. The van der Waals surface area contributed by atoms with E-state index in [-0.39, 0.29) is 11.7 Å². The molecular weight excluding hydrogens is 130 g/mol. The SMILES string of the molecule is [2H]c1cccnc1C(=O)OC. The second-order valence-electron chi connectivity index (χ2n) is 1.62. The van der Waals surface area contributed by atoms with E-state index in [1.165, 1.54) is 19.4 Å². The van der Waals surface area contributed by atoms with Crippen molar-refractivity contribution in [3.05, 3.63) is 30.1 Å². The lowest BCUT2D eigenvalue weighted by molar-refractivity contribution is 0.0594. The molecule has 0 saturated heterocycles. The van der Waals surface area contributed by atoms with Gasteiger partial charge in [0.05, 0.1) is 8.48 Å². The number of methoxy groups -OCH3 is 1. The summed E-state index contributed by atoms with van der Waals surface area (Å²) in [5.41, 5.74) is 0.0509. The maximum absolute atomic E-state index is 10.8. The molecule has 0 aliphatic carbocycles. The lowest BCUT2D eigenvalue weighted by atomic mass is 10.4. The van der Waals surface area contributed by atoms with Gasteiger partial charge in [0.15, 0.2) is 0 Å². The largest absolute Gasteiger partial charge is 0.464 e. The molecule has 0 unspecified atom stereocenters. The van der Waals surface area contributed by atoms with Gasteiger partial charge in [0.2, 0.25) is 0 Å². The van der Waals surface area contributed by atoms with Crippen LogP contribution < -0.4 is 0 Å². The predicted octanol–water partition coefficient (Wildman–Crippen LogP) is 0.868. The van der Waals surface area contributed by atoms with Crippen LogP contribution in [-0.4, -0.2) is 18.1 Å². The van der Waals surface area contributed by atoms with Crippen LogP contribution in [0.1, 0.15) is 11.9 Å². The van der Waals surface area contributed by atoms with E-state index in [0.717, 1.165) is 0 Å². The first-order chi connectivity index (χ1) is 5.25. The van der Waals surface area contributed by atoms with E-state index in [4.69, 9.17) is 1.37 Å². The third-order valence-corrected chi connectivity index (χ3v) is 0.985. The molecule has 0 amide bonds. The fourth-order valence-electron chi connectivity index (χ4n) is 0.533. The van der Waals surface area contributed by atoms with Crippen molar-refractivity contribution in [2.75, 3.05) is 7.11 Å². The van der Waals surface area contributed by atoms with Crippen LogP contribution in [0.15, 0.2) is 24.4 Å². The van der Waals surface area contributed by atoms with Gasteiger partial charge >= 0.3 is 5.97 Å². The summed E-state index contributed by atoms with van der Waals surface area (Å²) in [6.07, 6.45) is 1.45. The van der Waals surface area contributed by atoms with Crippen LogP contribution >= 0.6 is 0 Å². The molecule has 3 heteroatoms. The van der Waals surface area contributed by atoms with E-state index >= 15 is 0 Å². The van der Waals surface area contributed by atoms with Crippen molar-refractivity contribution in [1.29, 1.82) is 0 Å². The van der Waals surface area contributed by atoms with E-state index in [2.05, 4.69) is 9.72 Å². The average Bonchev–Trinajstić information content (AvgIpc) is 2.04. The Morgan fingerprint density at radius 3 is 3.20 bits per heavy atom. The minimum Gasteiger partial charge on any atom is -0.464 e. The summed E-state index contributed by atoms with van der Waals surface area (Å²) in [6, 6.07) is 3.16. The zero-order chi connectivity index (χ0) is 8.27. The molecule has 1 rings (SSSR count). The highest BCUT2D eigenvalue weighted by Crippen LogP contribution is 1.93. The molecule has 0 bridgehead atoms. The van der Waals surface area contributed by atoms with Crippen LogP contribution in [-0.2, 0) is 4.74 Å². The molecule has 0 radical (unpaired) electrons. The Labute approximate surface area is 60.1 Å². The lowest BCUT2D eigenvalue weighted by Crippen LogP contribution is -2.02. The van der Waals surface area contributed by atoms with Crippen LogP contribution in [0.5, 0.6) is 0 Å². The smallest absolute Gasteiger partial charge is 0.356 e. The number of hydrogen-bond donors (Lipinski definition) is 0. The van der Waals surface area contributed by atoms with Crippen LogP contribution in [0, 0.1) is 0 Å². The highest BCUT2D eigenvalue weighted by atomic mass is 16.5. The van der Waals surface area contributed by atoms with Gasteiger partial charge in [0, 0.05) is 6.20 Å². The number of pyridine rings is 1. The minimum absolute atomic E-state index is 0.0509. The summed E-state index contributed by atoms with van der Waals surface area (Å²) >= 11 is 0. The molecule has 10 heavy (non-hydrogen) atoms. The maximum Gasteiger partial charge on any atom is 0.356 e. The first kappa shape index (κ1) is 5.41. The summed E-state index contributed by atoms with van der Waals surface area (Å²) in [5, 5.41) is 0. The van der Waals surface area contributed by atoms with Crippen LogP contribution in [0.4, 0.5) is 0 Å². The standard InChI is InChI=1S/C7H7NO2/c1-10-7(9)6-4-2-3-5-8-6/h2-5H,1H3/i4D. The van der Waals surface area contributed by atoms with Crippen molar-refractivity contribution in [2.24, 2.45) is 0 Å². The van der Waals surface area contributed by atoms with Crippen molar-refractivity contribution >= 4 is 5.97 Å². The molecule has 1 aromatic rings. The van der Waals surface area contributed by atoms with Gasteiger partial charge in [-0.15, -0.1) is 0 Å². The van der Waals surface area contributed by atoms with Gasteiger partial charge in [0.25, 0.3) is 0 Å². The molecule has 1 heterocycles. The van der Waals surface area contributed by atoms with E-state index < -0.39 is 5.97 Å². The van der Waals surface area contributed by atoms with Crippen molar-refractivity contribution < 1.29 is 10.9 Å². The monoisotopic (exact) mass is 138 g/mol. The number of esters is 1. The summed E-state index contributed by atoms with van der Waals surface area (Å²) in [5.74, 6) is -0.574. The molecular formula is C7H7NO2. The lowest BCUT2D eigenvalue weighted by Gasteiger charge is -1.94. The Bertz CT molecular complexity index is 275. The first-order valence-electron chi connectivity index (χ1n) is 3.25. The van der Waals surface area contributed by atoms with Gasteiger partial charge < -0.3 is 4.74 Å². The molecule has 0 saturated carbocycles. The Morgan fingerprint density at radius 2 is 2.60 bits per heavy atom. The molecule has 1 aromatic heterocycles.